The summed E-state index contributed by atoms with van der Waals surface area (Å²) >= 11 is 28.5. The van der Waals surface area contributed by atoms with Crippen molar-refractivity contribution in [3.8, 4) is 33.8 Å². The van der Waals surface area contributed by atoms with Crippen LogP contribution in [0.5, 0.6) is 0 Å². The quantitative estimate of drug-likeness (QED) is 0.100. The van der Waals surface area contributed by atoms with Crippen molar-refractivity contribution in [2.45, 2.75) is 0 Å². The smallest absolute Gasteiger partial charge is 0.0134 e. The average molecular weight is 1520 g/mol. The largest absolute Gasteiger partial charge is 0.0622 e. The first-order valence-corrected chi connectivity index (χ1v) is 37.0. The number of pyridine rings is 4. The van der Waals surface area contributed by atoms with E-state index in [4.69, 9.17) is 77.1 Å². The number of nitrogens with zero attached hydrogens (tertiary/aromatic N) is 8. The van der Waals surface area contributed by atoms with Crippen LogP contribution >= 0.6 is 92.9 Å². The van der Waals surface area contributed by atoms with Gasteiger partial charge in [-0.05, 0) is 120 Å². The van der Waals surface area contributed by atoms with Gasteiger partial charge < -0.3 is 10.0 Å². The second-order valence-corrected chi connectivity index (χ2v) is 28.5. The second-order valence-electron chi connectivity index (χ2n) is 19.6. The first kappa shape index (κ1) is 71.7. The third kappa shape index (κ3) is 20.7. The van der Waals surface area contributed by atoms with E-state index < -0.39 is 34.6 Å². The maximum atomic E-state index is 14.3. The topological polar surface area (TPSA) is 144 Å². The maximum absolute atomic E-state index is 14.3. The number of hydrogen-bond donors (Lipinski definition) is 2. The van der Waals surface area contributed by atoms with E-state index in [1.165, 1.54) is 99.1 Å². The summed E-state index contributed by atoms with van der Waals surface area (Å²) in [6.45, 7) is 0. The average Bonchev–Trinajstić information content (AvgIpc) is 1.26. The number of hydrogen-bond acceptors (Lipinski definition) is 10. The zero-order valence-corrected chi connectivity index (χ0v) is 58.0. The van der Waals surface area contributed by atoms with Crippen molar-refractivity contribution in [1.29, 1.82) is 0 Å². The molecule has 10 nitrogen and oxygen atoms in total. The predicted molar refractivity (Wildman–Crippen MR) is 390 cm³/mol. The van der Waals surface area contributed by atoms with E-state index in [1.807, 2.05) is 6.07 Å². The molecule has 0 aliphatic carbocycles. The summed E-state index contributed by atoms with van der Waals surface area (Å²) in [4.78, 5) is 32.7. The molecule has 2 N–H and O–H groups in total. The Bertz CT molecular complexity index is 4410. The SMILES string of the molecule is Clc1cncc(Cl)n1.Fc1ccc(Cl)cc1-c1cc(-c2cncc(Cl)n2)c2cccnc2n1.OB(O)c1cc(-c2cc(Cl)ccc2F)nc2ncccc12.[Cl][Pd][Cl].c1ccc(P(c2ccccc2)c2ccccc2)cc1.c1ccc(P(c2ccccc2)c2ccccc2)cc1. The van der Waals surface area contributed by atoms with Crippen molar-refractivity contribution in [3.63, 3.8) is 0 Å². The van der Waals surface area contributed by atoms with Gasteiger partial charge in [0.2, 0.25) is 0 Å². The Labute approximate surface area is 591 Å². The van der Waals surface area contributed by atoms with Gasteiger partial charge in [-0.1, -0.05) is 246 Å². The van der Waals surface area contributed by atoms with E-state index in [9.17, 15) is 18.8 Å². The minimum absolute atomic E-state index is 0.106. The zero-order chi connectivity index (χ0) is 66.9. The van der Waals surface area contributed by atoms with Crippen LogP contribution in [0.1, 0.15) is 0 Å². The van der Waals surface area contributed by atoms with Gasteiger partial charge in [0.15, 0.2) is 11.3 Å². The number of halogens is 9. The molecular formula is C72H50BCl7F2N8O2P2Pd. The Balaban J connectivity index is 0.000000142. The molecule has 95 heavy (non-hydrogen) atoms. The van der Waals surface area contributed by atoms with Gasteiger partial charge in [0, 0.05) is 49.9 Å². The molecule has 0 aliphatic heterocycles. The van der Waals surface area contributed by atoms with E-state index in [-0.39, 0.29) is 43.4 Å². The van der Waals surface area contributed by atoms with Crippen LogP contribution in [0.2, 0.25) is 25.5 Å². The van der Waals surface area contributed by atoms with Crippen LogP contribution in [0.4, 0.5) is 8.78 Å². The van der Waals surface area contributed by atoms with E-state index in [2.05, 4.69) is 222 Å². The molecule has 0 aliphatic rings. The molecule has 476 valence electrons. The zero-order valence-electron chi connectivity index (χ0n) is 49.4. The summed E-state index contributed by atoms with van der Waals surface area (Å²) in [7, 11) is 7.03. The Kier molecular flexibility index (Phi) is 28.0. The number of aromatic nitrogens is 8. The molecule has 0 bridgehead atoms. The molecule has 0 atom stereocenters. The van der Waals surface area contributed by atoms with Crippen molar-refractivity contribution < 1.29 is 34.8 Å². The fraction of sp³-hybridized carbons (Fsp3) is 0. The molecule has 23 heteroatoms. The van der Waals surface area contributed by atoms with E-state index in [0.29, 0.717) is 54.0 Å². The van der Waals surface area contributed by atoms with Crippen molar-refractivity contribution in [1.82, 2.24) is 39.9 Å². The van der Waals surface area contributed by atoms with Crippen molar-refractivity contribution in [2.24, 2.45) is 0 Å². The van der Waals surface area contributed by atoms with Crippen molar-refractivity contribution in [3.05, 3.63) is 329 Å². The molecule has 0 radical (unpaired) electrons. The van der Waals surface area contributed by atoms with E-state index in [0.717, 1.165) is 5.39 Å². The minimum atomic E-state index is -1.71. The van der Waals surface area contributed by atoms with Crippen LogP contribution < -0.4 is 37.3 Å². The third-order valence-electron chi connectivity index (χ3n) is 13.4. The predicted octanol–water partition coefficient (Wildman–Crippen LogP) is 17.0. The molecule has 0 saturated heterocycles. The monoisotopic (exact) mass is 1520 g/mol. The molecule has 14 rings (SSSR count). The Morgan fingerprint density at radius 3 is 1.03 bits per heavy atom. The van der Waals surface area contributed by atoms with E-state index in [1.54, 1.807) is 36.7 Å². The molecule has 6 heterocycles. The van der Waals surface area contributed by atoms with Gasteiger partial charge in [-0.25, -0.2) is 38.7 Å². The fourth-order valence-electron chi connectivity index (χ4n) is 9.38. The fourth-order valence-corrected chi connectivity index (χ4v) is 14.8. The summed E-state index contributed by atoms with van der Waals surface area (Å²) in [5.41, 5.74) is 3.36. The summed E-state index contributed by atoms with van der Waals surface area (Å²) in [5.74, 6) is -0.920. The Morgan fingerprint density at radius 1 is 0.347 bits per heavy atom. The van der Waals surface area contributed by atoms with Gasteiger partial charge >= 0.3 is 42.1 Å². The van der Waals surface area contributed by atoms with Gasteiger partial charge in [0.1, 0.15) is 27.1 Å². The minimum Gasteiger partial charge on any atom is -0.0622 e. The van der Waals surface area contributed by atoms with Crippen LogP contribution in [-0.2, 0) is 15.9 Å². The first-order chi connectivity index (χ1) is 46.3. The van der Waals surface area contributed by atoms with Crippen LogP contribution in [-0.4, -0.2) is 57.0 Å². The standard InChI is InChI=1S/C18H9Cl2FN4.2C18H15P.C14H9BClFN2O2.C4H2Cl2N2.2ClH.Pd/c19-10-3-4-14(21)13(6-10)15-7-12(16-8-22-9-17(20)24-16)11-2-1-5-23-18(11)25-15;2*1-4-10-16(11-5-1)19(17-12-6-2-7-13-17)18-14-8-3-9-15-18;16-8-3-4-12(17)10(6-8)13-7-11(15(20)21)9-2-1-5-18-14(9)19-13;5-3-1-7-2-4(6)8-3;;;/h1-9H;2*1-15H;1-7,20-21H;1-2H;2*1H;/q;;;;;;;+2/p-2. The van der Waals surface area contributed by atoms with Gasteiger partial charge in [0.25, 0.3) is 0 Å². The summed E-state index contributed by atoms with van der Waals surface area (Å²) < 4.78 is 28.2. The summed E-state index contributed by atoms with van der Waals surface area (Å²) in [6.07, 6.45) is 9.04. The maximum Gasteiger partial charge on any atom is -0.0134 e. The molecule has 14 aromatic rings. The summed E-state index contributed by atoms with van der Waals surface area (Å²) in [5, 5.41) is 30.3. The Morgan fingerprint density at radius 2 is 0.684 bits per heavy atom. The van der Waals surface area contributed by atoms with Gasteiger partial charge in [-0.2, -0.15) is 0 Å². The van der Waals surface area contributed by atoms with Crippen LogP contribution in [0.15, 0.2) is 292 Å². The molecule has 0 amide bonds. The third-order valence-corrected chi connectivity index (χ3v) is 19.3. The number of rotatable bonds is 10. The Hall–Kier alpha value is -7.56. The molecule has 0 saturated carbocycles. The normalized spacial score (nSPS) is 10.5. The molecule has 8 aromatic carbocycles. The van der Waals surface area contributed by atoms with Crippen molar-refractivity contribution in [2.75, 3.05) is 0 Å². The molecule has 0 unspecified atom stereocenters. The van der Waals surface area contributed by atoms with Crippen molar-refractivity contribution >= 4 is 159 Å². The molecule has 6 aromatic heterocycles. The number of benzene rings is 8. The summed E-state index contributed by atoms with van der Waals surface area (Å²) in [6, 6.07) is 83.2. The molecular weight excluding hydrogens is 1470 g/mol. The first-order valence-electron chi connectivity index (χ1n) is 28.4. The van der Waals surface area contributed by atoms with Gasteiger partial charge in [-0.3, -0.25) is 9.97 Å². The molecule has 0 fully saturated rings. The molecule has 0 spiro atoms. The van der Waals surface area contributed by atoms with E-state index >= 15 is 0 Å². The van der Waals surface area contributed by atoms with Gasteiger partial charge in [-0.15, -0.1) is 0 Å². The van der Waals surface area contributed by atoms with Crippen LogP contribution in [0.3, 0.4) is 0 Å². The number of fused-ring (bicyclic) bond motifs is 2. The van der Waals surface area contributed by atoms with Crippen LogP contribution in [0, 0.1) is 11.6 Å². The van der Waals surface area contributed by atoms with Gasteiger partial charge in [0.05, 0.1) is 41.9 Å². The van der Waals surface area contributed by atoms with Crippen LogP contribution in [0.25, 0.3) is 55.8 Å². The second kappa shape index (κ2) is 37.1.